The minimum atomic E-state index is 0.630. The summed E-state index contributed by atoms with van der Waals surface area (Å²) in [6.45, 7) is 1.97. The van der Waals surface area contributed by atoms with Crippen molar-refractivity contribution >= 4 is 10.9 Å². The van der Waals surface area contributed by atoms with Gasteiger partial charge in [0, 0.05) is 30.2 Å². The minimum absolute atomic E-state index is 0.630. The van der Waals surface area contributed by atoms with Gasteiger partial charge in [-0.25, -0.2) is 0 Å². The van der Waals surface area contributed by atoms with Crippen molar-refractivity contribution in [2.24, 2.45) is 0 Å². The molecule has 4 heteroatoms. The Kier molecular flexibility index (Phi) is 4.31. The largest absolute Gasteiger partial charge is 0.457 e. The molecular formula is C19H19N3O. The zero-order chi connectivity index (χ0) is 16.2. The van der Waals surface area contributed by atoms with Gasteiger partial charge in [-0.1, -0.05) is 0 Å². The zero-order valence-corrected chi connectivity index (χ0v) is 13.4. The number of benzene rings is 2. The van der Waals surface area contributed by atoms with Gasteiger partial charge in [-0.15, -0.1) is 0 Å². The number of rotatable bonds is 5. The Balaban J connectivity index is 1.79. The van der Waals surface area contributed by atoms with Gasteiger partial charge in [-0.3, -0.25) is 0 Å². The number of aromatic nitrogens is 1. The molecule has 4 nitrogen and oxygen atoms in total. The second-order valence-electron chi connectivity index (χ2n) is 5.77. The molecule has 0 amide bonds. The molecule has 0 aliphatic heterocycles. The Morgan fingerprint density at radius 2 is 1.78 bits per heavy atom. The van der Waals surface area contributed by atoms with E-state index in [1.54, 1.807) is 12.1 Å². The number of nitriles is 1. The van der Waals surface area contributed by atoms with Crippen LogP contribution >= 0.6 is 0 Å². The van der Waals surface area contributed by atoms with Crippen LogP contribution in [0.5, 0.6) is 11.5 Å². The fourth-order valence-corrected chi connectivity index (χ4v) is 2.48. The molecule has 1 aromatic heterocycles. The Morgan fingerprint density at radius 1 is 1.04 bits per heavy atom. The highest BCUT2D eigenvalue weighted by atomic mass is 16.5. The van der Waals surface area contributed by atoms with Crippen LogP contribution in [0.2, 0.25) is 0 Å². The molecule has 2 aromatic carbocycles. The highest BCUT2D eigenvalue weighted by Crippen LogP contribution is 2.26. The first-order valence-electron chi connectivity index (χ1n) is 7.57. The molecule has 0 bridgehead atoms. The smallest absolute Gasteiger partial charge is 0.128 e. The van der Waals surface area contributed by atoms with Gasteiger partial charge in [-0.2, -0.15) is 5.26 Å². The molecule has 0 saturated heterocycles. The number of likely N-dealkylation sites (N-methyl/N-ethyl adjacent to an activating group) is 1. The maximum Gasteiger partial charge on any atom is 0.128 e. The summed E-state index contributed by atoms with van der Waals surface area (Å²) in [6.07, 6.45) is 2.11. The quantitative estimate of drug-likeness (QED) is 0.718. The molecule has 0 aliphatic rings. The van der Waals surface area contributed by atoms with Crippen LogP contribution in [0.4, 0.5) is 0 Å². The van der Waals surface area contributed by atoms with Crippen molar-refractivity contribution in [3.63, 3.8) is 0 Å². The molecule has 0 aliphatic carbocycles. The van der Waals surface area contributed by atoms with Crippen LogP contribution in [0.15, 0.2) is 54.7 Å². The highest BCUT2D eigenvalue weighted by molar-refractivity contribution is 5.81. The SMILES string of the molecule is CN(C)CCn1ccc2cc(Oc3ccc(C#N)cc3)ccc21. The molecule has 3 rings (SSSR count). The lowest BCUT2D eigenvalue weighted by molar-refractivity contribution is 0.387. The average molecular weight is 305 g/mol. The van der Waals surface area contributed by atoms with E-state index in [4.69, 9.17) is 10.00 Å². The summed E-state index contributed by atoms with van der Waals surface area (Å²) in [6, 6.07) is 17.5. The van der Waals surface area contributed by atoms with Crippen molar-refractivity contribution in [1.82, 2.24) is 9.47 Å². The van der Waals surface area contributed by atoms with E-state index in [9.17, 15) is 0 Å². The fraction of sp³-hybridized carbons (Fsp3) is 0.211. The van der Waals surface area contributed by atoms with Crippen LogP contribution < -0.4 is 4.74 Å². The lowest BCUT2D eigenvalue weighted by atomic mass is 10.2. The Bertz CT molecular complexity index is 841. The van der Waals surface area contributed by atoms with Gasteiger partial charge in [0.1, 0.15) is 11.5 Å². The predicted molar refractivity (Wildman–Crippen MR) is 91.7 cm³/mol. The Morgan fingerprint density at radius 3 is 2.48 bits per heavy atom. The molecule has 0 fully saturated rings. The van der Waals surface area contributed by atoms with Gasteiger partial charge in [0.05, 0.1) is 11.6 Å². The monoisotopic (exact) mass is 305 g/mol. The summed E-state index contributed by atoms with van der Waals surface area (Å²) >= 11 is 0. The van der Waals surface area contributed by atoms with Gasteiger partial charge in [0.2, 0.25) is 0 Å². The second kappa shape index (κ2) is 6.55. The van der Waals surface area contributed by atoms with Crippen LogP contribution in [-0.2, 0) is 6.54 Å². The first-order valence-corrected chi connectivity index (χ1v) is 7.57. The third-order valence-electron chi connectivity index (χ3n) is 3.75. The van der Waals surface area contributed by atoms with Crippen LogP contribution in [0.25, 0.3) is 10.9 Å². The van der Waals surface area contributed by atoms with Gasteiger partial charge in [0.25, 0.3) is 0 Å². The molecule has 0 unspecified atom stereocenters. The summed E-state index contributed by atoms with van der Waals surface area (Å²) in [5.41, 5.74) is 1.84. The number of fused-ring (bicyclic) bond motifs is 1. The van der Waals surface area contributed by atoms with Crippen LogP contribution in [-0.4, -0.2) is 30.1 Å². The predicted octanol–water partition coefficient (Wildman–Crippen LogP) is 3.87. The first kappa shape index (κ1) is 15.1. The molecule has 0 saturated carbocycles. The third-order valence-corrected chi connectivity index (χ3v) is 3.75. The lowest BCUT2D eigenvalue weighted by Crippen LogP contribution is -2.17. The maximum atomic E-state index is 8.82. The molecule has 116 valence electrons. The Hall–Kier alpha value is -2.77. The van der Waals surface area contributed by atoms with Crippen molar-refractivity contribution in [1.29, 1.82) is 5.26 Å². The number of ether oxygens (including phenoxy) is 1. The summed E-state index contributed by atoms with van der Waals surface area (Å²) in [5, 5.41) is 9.98. The molecule has 3 aromatic rings. The third kappa shape index (κ3) is 3.53. The van der Waals surface area contributed by atoms with Crippen LogP contribution in [0.1, 0.15) is 5.56 Å². The lowest BCUT2D eigenvalue weighted by Gasteiger charge is -2.11. The van der Waals surface area contributed by atoms with Gasteiger partial charge < -0.3 is 14.2 Å². The van der Waals surface area contributed by atoms with E-state index >= 15 is 0 Å². The second-order valence-corrected chi connectivity index (χ2v) is 5.77. The normalized spacial score (nSPS) is 10.9. The molecule has 0 spiro atoms. The molecule has 1 heterocycles. The van der Waals surface area contributed by atoms with Crippen molar-refractivity contribution in [3.8, 4) is 17.6 Å². The van der Waals surface area contributed by atoms with E-state index in [2.05, 4.69) is 48.0 Å². The molecular weight excluding hydrogens is 286 g/mol. The summed E-state index contributed by atoms with van der Waals surface area (Å²) < 4.78 is 8.12. The molecule has 23 heavy (non-hydrogen) atoms. The van der Waals surface area contributed by atoms with Crippen LogP contribution in [0.3, 0.4) is 0 Å². The van der Waals surface area contributed by atoms with E-state index in [-0.39, 0.29) is 0 Å². The number of hydrogen-bond donors (Lipinski definition) is 0. The van der Waals surface area contributed by atoms with Crippen molar-refractivity contribution in [2.75, 3.05) is 20.6 Å². The van der Waals surface area contributed by atoms with E-state index < -0.39 is 0 Å². The zero-order valence-electron chi connectivity index (χ0n) is 13.4. The summed E-state index contributed by atoms with van der Waals surface area (Å²) in [5.74, 6) is 1.53. The van der Waals surface area contributed by atoms with Gasteiger partial charge >= 0.3 is 0 Å². The first-order chi connectivity index (χ1) is 11.2. The molecule has 0 atom stereocenters. The Labute approximate surface area is 136 Å². The van der Waals surface area contributed by atoms with Gasteiger partial charge in [0.15, 0.2) is 0 Å². The number of nitrogens with zero attached hydrogens (tertiary/aromatic N) is 3. The van der Waals surface area contributed by atoms with Crippen LogP contribution in [0, 0.1) is 11.3 Å². The highest BCUT2D eigenvalue weighted by Gasteiger charge is 2.04. The van der Waals surface area contributed by atoms with E-state index in [1.165, 1.54) is 5.52 Å². The maximum absolute atomic E-state index is 8.82. The minimum Gasteiger partial charge on any atom is -0.457 e. The average Bonchev–Trinajstić information content (AvgIpc) is 2.96. The standard InChI is InChI=1S/C19H19N3O/c1-21(2)11-12-22-10-9-16-13-18(7-8-19(16)22)23-17-5-3-15(14-20)4-6-17/h3-10,13H,11-12H2,1-2H3. The van der Waals surface area contributed by atoms with Gasteiger partial charge in [-0.05, 0) is 62.6 Å². The number of hydrogen-bond acceptors (Lipinski definition) is 3. The van der Waals surface area contributed by atoms with Crippen molar-refractivity contribution in [2.45, 2.75) is 6.54 Å². The fourth-order valence-electron chi connectivity index (χ4n) is 2.48. The van der Waals surface area contributed by atoms with E-state index in [1.807, 2.05) is 24.3 Å². The van der Waals surface area contributed by atoms with E-state index in [0.717, 1.165) is 30.0 Å². The van der Waals surface area contributed by atoms with Crippen molar-refractivity contribution in [3.05, 3.63) is 60.3 Å². The van der Waals surface area contributed by atoms with Crippen molar-refractivity contribution < 1.29 is 4.74 Å². The van der Waals surface area contributed by atoms with E-state index in [0.29, 0.717) is 5.56 Å². The molecule has 0 N–H and O–H groups in total. The topological polar surface area (TPSA) is 41.2 Å². The summed E-state index contributed by atoms with van der Waals surface area (Å²) in [7, 11) is 4.16. The molecule has 0 radical (unpaired) electrons. The summed E-state index contributed by atoms with van der Waals surface area (Å²) in [4.78, 5) is 2.17.